The highest BCUT2D eigenvalue weighted by Gasteiger charge is 2.22. The topological polar surface area (TPSA) is 104 Å². The molecule has 1 N–H and O–H groups in total. The summed E-state index contributed by atoms with van der Waals surface area (Å²) in [6.07, 6.45) is 0. The van der Waals surface area contributed by atoms with Gasteiger partial charge in [0.1, 0.15) is 4.90 Å². The molecule has 0 bridgehead atoms. The number of hydrogen-bond donors (Lipinski definition) is 1. The highest BCUT2D eigenvalue weighted by molar-refractivity contribution is 7.89. The highest BCUT2D eigenvalue weighted by Crippen LogP contribution is 2.24. The third kappa shape index (κ3) is 5.10. The van der Waals surface area contributed by atoms with Crippen molar-refractivity contribution in [2.45, 2.75) is 31.7 Å². The van der Waals surface area contributed by atoms with E-state index in [-0.39, 0.29) is 27.3 Å². The van der Waals surface area contributed by atoms with Crippen LogP contribution >= 0.6 is 11.6 Å². The number of methoxy groups -OCH3 is 1. The van der Waals surface area contributed by atoms with Gasteiger partial charge in [-0.15, -0.1) is 0 Å². The summed E-state index contributed by atoms with van der Waals surface area (Å²) in [5, 5.41) is -0.0328. The molecular formula is C20H25ClN2O6S. The molecule has 1 heterocycles. The van der Waals surface area contributed by atoms with Crippen molar-refractivity contribution in [3.8, 4) is 0 Å². The van der Waals surface area contributed by atoms with Crippen LogP contribution < -0.4 is 4.72 Å². The van der Waals surface area contributed by atoms with Gasteiger partial charge in [0.05, 0.1) is 23.2 Å². The van der Waals surface area contributed by atoms with Crippen molar-refractivity contribution in [3.63, 3.8) is 0 Å². The number of carbonyl (C=O) groups is 2. The van der Waals surface area contributed by atoms with Crippen molar-refractivity contribution >= 4 is 33.4 Å². The Morgan fingerprint density at radius 3 is 2.50 bits per heavy atom. The van der Waals surface area contributed by atoms with E-state index < -0.39 is 22.6 Å². The fourth-order valence-electron chi connectivity index (χ4n) is 3.29. The van der Waals surface area contributed by atoms with Crippen LogP contribution in [0.1, 0.15) is 45.1 Å². The lowest BCUT2D eigenvalue weighted by Gasteiger charge is -2.17. The van der Waals surface area contributed by atoms with Crippen LogP contribution in [0.3, 0.4) is 0 Å². The summed E-state index contributed by atoms with van der Waals surface area (Å²) in [5.41, 5.74) is 2.08. The number of esters is 1. The Kier molecular flexibility index (Phi) is 7.81. The minimum atomic E-state index is -3.85. The van der Waals surface area contributed by atoms with E-state index in [2.05, 4.69) is 4.72 Å². The Hall–Kier alpha value is -2.20. The summed E-state index contributed by atoms with van der Waals surface area (Å²) in [4.78, 5) is 24.7. The van der Waals surface area contributed by atoms with Crippen LogP contribution in [0.25, 0.3) is 0 Å². The molecule has 1 aromatic heterocycles. The Morgan fingerprint density at radius 2 is 1.90 bits per heavy atom. The van der Waals surface area contributed by atoms with Crippen molar-refractivity contribution in [1.82, 2.24) is 9.29 Å². The molecule has 164 valence electrons. The quantitative estimate of drug-likeness (QED) is 0.459. The molecular weight excluding hydrogens is 432 g/mol. The first-order chi connectivity index (χ1) is 14.0. The highest BCUT2D eigenvalue weighted by atomic mass is 35.5. The molecule has 1 aromatic carbocycles. The Bertz CT molecular complexity index is 1060. The first-order valence-corrected chi connectivity index (χ1v) is 11.0. The van der Waals surface area contributed by atoms with Crippen LogP contribution in [-0.4, -0.2) is 52.1 Å². The van der Waals surface area contributed by atoms with Crippen LogP contribution in [0.15, 0.2) is 29.2 Å². The van der Waals surface area contributed by atoms with Gasteiger partial charge < -0.3 is 14.0 Å². The van der Waals surface area contributed by atoms with Gasteiger partial charge in [0, 0.05) is 24.1 Å². The average molecular weight is 457 g/mol. The van der Waals surface area contributed by atoms with Crippen LogP contribution in [0.5, 0.6) is 0 Å². The van der Waals surface area contributed by atoms with E-state index in [1.165, 1.54) is 19.2 Å². The summed E-state index contributed by atoms with van der Waals surface area (Å²) in [6, 6.07) is 5.52. The zero-order valence-corrected chi connectivity index (χ0v) is 19.1. The molecule has 0 spiro atoms. The molecule has 0 amide bonds. The third-order valence-corrected chi connectivity index (χ3v) is 6.59. The van der Waals surface area contributed by atoms with Gasteiger partial charge in [0.15, 0.2) is 6.61 Å². The summed E-state index contributed by atoms with van der Waals surface area (Å²) in [7, 11) is -1.00. The van der Waals surface area contributed by atoms with E-state index in [1.807, 2.05) is 25.3 Å². The number of nitrogens with one attached hydrogen (secondary N) is 1. The number of aryl methyl sites for hydroxylation is 1. The SMILES string of the molecule is CNS(=O)(=O)c1cc(C(=O)OCC(=O)c2cc(C)n(C(C)COC)c2C)ccc1Cl. The number of rotatable bonds is 9. The number of Topliss-reactive ketones (excluding diaryl/α,β-unsaturated/α-hetero) is 1. The lowest BCUT2D eigenvalue weighted by atomic mass is 10.1. The van der Waals surface area contributed by atoms with Crippen LogP contribution in [-0.2, 0) is 19.5 Å². The van der Waals surface area contributed by atoms with Gasteiger partial charge >= 0.3 is 5.97 Å². The molecule has 0 aliphatic carbocycles. The minimum absolute atomic E-state index is 0.0276. The normalized spacial score (nSPS) is 12.6. The lowest BCUT2D eigenvalue weighted by Crippen LogP contribution is -2.20. The fraction of sp³-hybridized carbons (Fsp3) is 0.400. The molecule has 2 aromatic rings. The van der Waals surface area contributed by atoms with Gasteiger partial charge in [-0.1, -0.05) is 11.6 Å². The number of aromatic nitrogens is 1. The molecule has 0 aliphatic heterocycles. The maximum atomic E-state index is 12.6. The first-order valence-electron chi connectivity index (χ1n) is 9.14. The molecule has 0 aliphatic rings. The average Bonchev–Trinajstić information content (AvgIpc) is 3.00. The Morgan fingerprint density at radius 1 is 1.23 bits per heavy atom. The van der Waals surface area contributed by atoms with Crippen molar-refractivity contribution < 1.29 is 27.5 Å². The van der Waals surface area contributed by atoms with Crippen LogP contribution in [0.2, 0.25) is 5.02 Å². The van der Waals surface area contributed by atoms with Gasteiger partial charge in [-0.05, 0) is 52.1 Å². The molecule has 10 heteroatoms. The second-order valence-electron chi connectivity index (χ2n) is 6.81. The summed E-state index contributed by atoms with van der Waals surface area (Å²) >= 11 is 5.92. The minimum Gasteiger partial charge on any atom is -0.454 e. The van der Waals surface area contributed by atoms with Crippen molar-refractivity contribution in [3.05, 3.63) is 51.8 Å². The Balaban J connectivity index is 2.17. The van der Waals surface area contributed by atoms with E-state index in [4.69, 9.17) is 21.1 Å². The van der Waals surface area contributed by atoms with Crippen LogP contribution in [0.4, 0.5) is 0 Å². The van der Waals surface area contributed by atoms with Gasteiger partial charge in [-0.2, -0.15) is 0 Å². The number of halogens is 1. The molecule has 8 nitrogen and oxygen atoms in total. The maximum absolute atomic E-state index is 12.6. The number of benzene rings is 1. The predicted molar refractivity (Wildman–Crippen MR) is 113 cm³/mol. The number of nitrogens with zero attached hydrogens (tertiary/aromatic N) is 1. The van der Waals surface area contributed by atoms with E-state index in [0.29, 0.717) is 12.2 Å². The summed E-state index contributed by atoms with van der Waals surface area (Å²) < 4.78 is 38.4. The first kappa shape index (κ1) is 24.1. The Labute approximate surface area is 181 Å². The number of sulfonamides is 1. The molecule has 1 atom stereocenters. The number of hydrogen-bond acceptors (Lipinski definition) is 6. The van der Waals surface area contributed by atoms with Gasteiger partial charge in [-0.3, -0.25) is 4.79 Å². The number of ketones is 1. The van der Waals surface area contributed by atoms with E-state index in [9.17, 15) is 18.0 Å². The largest absolute Gasteiger partial charge is 0.454 e. The second-order valence-corrected chi connectivity index (χ2v) is 9.07. The standard InChI is InChI=1S/C20H25ClN2O6S/c1-12-8-16(14(3)23(12)13(2)10-28-5)18(24)11-29-20(25)15-6-7-17(21)19(9-15)30(26,27)22-4/h6-9,13,22H,10-11H2,1-5H3. The monoisotopic (exact) mass is 456 g/mol. The van der Waals surface area contributed by atoms with E-state index in [1.54, 1.807) is 13.2 Å². The van der Waals surface area contributed by atoms with E-state index >= 15 is 0 Å². The maximum Gasteiger partial charge on any atom is 0.338 e. The van der Waals surface area contributed by atoms with Crippen molar-refractivity contribution in [1.29, 1.82) is 0 Å². The van der Waals surface area contributed by atoms with Gasteiger partial charge in [0.25, 0.3) is 0 Å². The summed E-state index contributed by atoms with van der Waals surface area (Å²) in [6.45, 7) is 5.71. The van der Waals surface area contributed by atoms with Crippen molar-refractivity contribution in [2.24, 2.45) is 0 Å². The van der Waals surface area contributed by atoms with Crippen molar-refractivity contribution in [2.75, 3.05) is 27.4 Å². The zero-order chi connectivity index (χ0) is 22.6. The molecule has 0 radical (unpaired) electrons. The molecule has 0 fully saturated rings. The molecule has 1 unspecified atom stereocenters. The zero-order valence-electron chi connectivity index (χ0n) is 17.5. The van der Waals surface area contributed by atoms with Gasteiger partial charge in [0.2, 0.25) is 15.8 Å². The number of carbonyl (C=O) groups excluding carboxylic acids is 2. The summed E-state index contributed by atoms with van der Waals surface area (Å²) in [5.74, 6) is -1.18. The smallest absolute Gasteiger partial charge is 0.338 e. The molecule has 30 heavy (non-hydrogen) atoms. The van der Waals surface area contributed by atoms with E-state index in [0.717, 1.165) is 17.5 Å². The lowest BCUT2D eigenvalue weighted by molar-refractivity contribution is 0.0474. The fourth-order valence-corrected chi connectivity index (χ4v) is 4.54. The molecule has 2 rings (SSSR count). The predicted octanol–water partition coefficient (Wildman–Crippen LogP) is 2.91. The van der Waals surface area contributed by atoms with Crippen LogP contribution in [0, 0.1) is 13.8 Å². The number of ether oxygens (including phenoxy) is 2. The van der Waals surface area contributed by atoms with Gasteiger partial charge in [-0.25, -0.2) is 17.9 Å². The second kappa shape index (κ2) is 9.74. The molecule has 0 saturated carbocycles. The molecule has 0 saturated heterocycles. The third-order valence-electron chi connectivity index (χ3n) is 4.69.